The molecule has 20 heavy (non-hydrogen) atoms. The Kier molecular flexibility index (Phi) is 3.83. The third-order valence-corrected chi connectivity index (χ3v) is 4.48. The van der Waals surface area contributed by atoms with Gasteiger partial charge in [0.15, 0.2) is 0 Å². The van der Waals surface area contributed by atoms with Crippen molar-refractivity contribution >= 4 is 0 Å². The Morgan fingerprint density at radius 3 is 2.75 bits per heavy atom. The molecule has 1 aliphatic carbocycles. The Morgan fingerprint density at radius 1 is 1.25 bits per heavy atom. The predicted octanol–water partition coefficient (Wildman–Crippen LogP) is 3.97. The zero-order valence-electron chi connectivity index (χ0n) is 12.3. The number of rotatable bonds is 4. The van der Waals surface area contributed by atoms with Crippen molar-refractivity contribution in [2.75, 3.05) is 7.05 Å². The maximum absolute atomic E-state index is 4.20. The van der Waals surface area contributed by atoms with Gasteiger partial charge in [-0.1, -0.05) is 30.7 Å². The van der Waals surface area contributed by atoms with Crippen LogP contribution >= 0.6 is 0 Å². The van der Waals surface area contributed by atoms with E-state index in [1.807, 2.05) is 19.4 Å². The number of benzene rings is 1. The number of nitrogens with zero attached hydrogens (tertiary/aromatic N) is 1. The molecule has 1 saturated carbocycles. The molecule has 1 unspecified atom stereocenters. The number of nitrogens with one attached hydrogen (secondary N) is 1. The van der Waals surface area contributed by atoms with Crippen LogP contribution in [0.15, 0.2) is 42.7 Å². The van der Waals surface area contributed by atoms with E-state index in [-0.39, 0.29) is 6.04 Å². The van der Waals surface area contributed by atoms with Crippen molar-refractivity contribution in [3.63, 3.8) is 0 Å². The molecule has 0 amide bonds. The third kappa shape index (κ3) is 2.48. The van der Waals surface area contributed by atoms with E-state index >= 15 is 0 Å². The van der Waals surface area contributed by atoms with Crippen LogP contribution in [-0.2, 0) is 0 Å². The standard InChI is InChI=1S/C18H22N2/c1-13-12-20-10-9-17(13)18(19-2)16-8-4-7-15(11-16)14-5-3-6-14/h4,7-12,14,18-19H,3,5-6H2,1-2H3. The van der Waals surface area contributed by atoms with Crippen LogP contribution in [0.2, 0.25) is 0 Å². The van der Waals surface area contributed by atoms with E-state index in [0.29, 0.717) is 0 Å². The van der Waals surface area contributed by atoms with Crippen molar-refractivity contribution in [3.05, 3.63) is 65.0 Å². The highest BCUT2D eigenvalue weighted by molar-refractivity contribution is 5.38. The summed E-state index contributed by atoms with van der Waals surface area (Å²) in [6, 6.07) is 11.4. The van der Waals surface area contributed by atoms with Gasteiger partial charge in [0.2, 0.25) is 0 Å². The first-order valence-electron chi connectivity index (χ1n) is 7.47. The van der Waals surface area contributed by atoms with Crippen LogP contribution in [0.25, 0.3) is 0 Å². The fraction of sp³-hybridized carbons (Fsp3) is 0.389. The number of aryl methyl sites for hydroxylation is 1. The summed E-state index contributed by atoms with van der Waals surface area (Å²) < 4.78 is 0. The van der Waals surface area contributed by atoms with E-state index in [1.54, 1.807) is 0 Å². The van der Waals surface area contributed by atoms with Gasteiger partial charge in [0.05, 0.1) is 6.04 Å². The molecule has 0 aliphatic heterocycles. The van der Waals surface area contributed by atoms with E-state index in [4.69, 9.17) is 0 Å². The van der Waals surface area contributed by atoms with Crippen LogP contribution in [0.4, 0.5) is 0 Å². The summed E-state index contributed by atoms with van der Waals surface area (Å²) in [6.07, 6.45) is 7.90. The van der Waals surface area contributed by atoms with Gasteiger partial charge in [-0.05, 0) is 61.1 Å². The van der Waals surface area contributed by atoms with E-state index in [0.717, 1.165) is 5.92 Å². The summed E-state index contributed by atoms with van der Waals surface area (Å²) >= 11 is 0. The molecule has 1 N–H and O–H groups in total. The van der Waals surface area contributed by atoms with Gasteiger partial charge in [-0.3, -0.25) is 4.98 Å². The Bertz CT molecular complexity index is 587. The topological polar surface area (TPSA) is 24.9 Å². The van der Waals surface area contributed by atoms with Crippen LogP contribution < -0.4 is 5.32 Å². The first-order valence-corrected chi connectivity index (χ1v) is 7.47. The summed E-state index contributed by atoms with van der Waals surface area (Å²) in [5.41, 5.74) is 5.40. The zero-order chi connectivity index (χ0) is 13.9. The summed E-state index contributed by atoms with van der Waals surface area (Å²) in [4.78, 5) is 4.20. The normalized spacial score (nSPS) is 16.7. The molecule has 0 spiro atoms. The minimum absolute atomic E-state index is 0.248. The van der Waals surface area contributed by atoms with E-state index < -0.39 is 0 Å². The molecule has 1 aliphatic rings. The number of hydrogen-bond donors (Lipinski definition) is 1. The fourth-order valence-electron chi connectivity index (χ4n) is 3.04. The van der Waals surface area contributed by atoms with Crippen molar-refractivity contribution in [3.8, 4) is 0 Å². The second-order valence-electron chi connectivity index (χ2n) is 5.75. The van der Waals surface area contributed by atoms with Gasteiger partial charge in [-0.2, -0.15) is 0 Å². The molecule has 3 rings (SSSR count). The lowest BCUT2D eigenvalue weighted by atomic mass is 9.79. The van der Waals surface area contributed by atoms with Crippen LogP contribution in [0, 0.1) is 6.92 Å². The van der Waals surface area contributed by atoms with Crippen molar-refractivity contribution in [1.82, 2.24) is 10.3 Å². The predicted molar refractivity (Wildman–Crippen MR) is 82.9 cm³/mol. The first-order chi connectivity index (χ1) is 9.79. The smallest absolute Gasteiger partial charge is 0.0578 e. The molecule has 104 valence electrons. The minimum atomic E-state index is 0.248. The molecule has 1 fully saturated rings. The highest BCUT2D eigenvalue weighted by atomic mass is 14.9. The zero-order valence-corrected chi connectivity index (χ0v) is 12.3. The van der Waals surface area contributed by atoms with Gasteiger partial charge in [0, 0.05) is 12.4 Å². The van der Waals surface area contributed by atoms with Gasteiger partial charge >= 0.3 is 0 Å². The van der Waals surface area contributed by atoms with Gasteiger partial charge in [0.1, 0.15) is 0 Å². The monoisotopic (exact) mass is 266 g/mol. The largest absolute Gasteiger partial charge is 0.309 e. The van der Waals surface area contributed by atoms with E-state index in [2.05, 4.69) is 47.6 Å². The van der Waals surface area contributed by atoms with Crippen molar-refractivity contribution in [1.29, 1.82) is 0 Å². The van der Waals surface area contributed by atoms with Crippen LogP contribution in [0.1, 0.15) is 53.5 Å². The van der Waals surface area contributed by atoms with E-state index in [1.165, 1.54) is 41.5 Å². The molecular weight excluding hydrogens is 244 g/mol. The first kappa shape index (κ1) is 13.3. The maximum Gasteiger partial charge on any atom is 0.0578 e. The number of hydrogen-bond acceptors (Lipinski definition) is 2. The molecule has 2 heteroatoms. The van der Waals surface area contributed by atoms with Gasteiger partial charge in [-0.15, -0.1) is 0 Å². The van der Waals surface area contributed by atoms with Crippen molar-refractivity contribution < 1.29 is 0 Å². The lowest BCUT2D eigenvalue weighted by Crippen LogP contribution is -2.19. The van der Waals surface area contributed by atoms with Crippen molar-refractivity contribution in [2.24, 2.45) is 0 Å². The average molecular weight is 266 g/mol. The Balaban J connectivity index is 1.95. The summed E-state index contributed by atoms with van der Waals surface area (Å²) in [7, 11) is 2.03. The summed E-state index contributed by atoms with van der Waals surface area (Å²) in [6.45, 7) is 2.13. The molecule has 2 nitrogen and oxygen atoms in total. The summed E-state index contributed by atoms with van der Waals surface area (Å²) in [5.74, 6) is 0.783. The quantitative estimate of drug-likeness (QED) is 0.906. The Morgan fingerprint density at radius 2 is 2.10 bits per heavy atom. The number of pyridine rings is 1. The highest BCUT2D eigenvalue weighted by Gasteiger charge is 2.21. The van der Waals surface area contributed by atoms with Crippen molar-refractivity contribution in [2.45, 2.75) is 38.1 Å². The van der Waals surface area contributed by atoms with Crippen LogP contribution in [-0.4, -0.2) is 12.0 Å². The molecule has 0 bridgehead atoms. The lowest BCUT2D eigenvalue weighted by Gasteiger charge is -2.27. The van der Waals surface area contributed by atoms with Crippen LogP contribution in [0.5, 0.6) is 0 Å². The molecule has 1 heterocycles. The van der Waals surface area contributed by atoms with Gasteiger partial charge < -0.3 is 5.32 Å². The fourth-order valence-corrected chi connectivity index (χ4v) is 3.04. The van der Waals surface area contributed by atoms with Gasteiger partial charge in [0.25, 0.3) is 0 Å². The molecular formula is C18H22N2. The van der Waals surface area contributed by atoms with E-state index in [9.17, 15) is 0 Å². The average Bonchev–Trinajstić information content (AvgIpc) is 2.40. The molecule has 2 aromatic rings. The molecule has 1 aromatic carbocycles. The molecule has 0 radical (unpaired) electrons. The Labute approximate surface area is 121 Å². The minimum Gasteiger partial charge on any atom is -0.309 e. The van der Waals surface area contributed by atoms with Gasteiger partial charge in [-0.25, -0.2) is 0 Å². The molecule has 1 atom stereocenters. The number of aromatic nitrogens is 1. The highest BCUT2D eigenvalue weighted by Crippen LogP contribution is 2.37. The lowest BCUT2D eigenvalue weighted by molar-refractivity contribution is 0.419. The Hall–Kier alpha value is -1.67. The molecule has 0 saturated heterocycles. The second-order valence-corrected chi connectivity index (χ2v) is 5.75. The second kappa shape index (κ2) is 5.76. The SMILES string of the molecule is CNC(c1cccc(C2CCC2)c1)c1ccncc1C. The van der Waals surface area contributed by atoms with Crippen LogP contribution in [0.3, 0.4) is 0 Å². The maximum atomic E-state index is 4.20. The third-order valence-electron chi connectivity index (χ3n) is 4.48. The summed E-state index contributed by atoms with van der Waals surface area (Å²) in [5, 5.41) is 3.45. The molecule has 1 aromatic heterocycles.